The van der Waals surface area contributed by atoms with Crippen molar-refractivity contribution in [3.8, 4) is 16.9 Å². The van der Waals surface area contributed by atoms with Crippen molar-refractivity contribution in [2.24, 2.45) is 5.73 Å². The number of rotatable bonds is 3. The highest BCUT2D eigenvalue weighted by atomic mass is 16.3. The molecule has 0 fully saturated rings. The largest absolute Gasteiger partial charge is 0.508 e. The molecule has 2 aromatic rings. The van der Waals surface area contributed by atoms with Gasteiger partial charge >= 0.3 is 0 Å². The third-order valence-corrected chi connectivity index (χ3v) is 2.49. The van der Waals surface area contributed by atoms with Gasteiger partial charge in [-0.15, -0.1) is 0 Å². The highest BCUT2D eigenvalue weighted by molar-refractivity contribution is 5.78. The second-order valence-electron chi connectivity index (χ2n) is 4.03. The van der Waals surface area contributed by atoms with Gasteiger partial charge in [0.15, 0.2) is 0 Å². The van der Waals surface area contributed by atoms with E-state index in [2.05, 4.69) is 5.32 Å². The molecule has 1 atom stereocenters. The Labute approximate surface area is 101 Å². The highest BCUT2D eigenvalue weighted by Gasteiger charge is 2.05. The molecular weight excluding hydrogens is 212 g/mol. The number of phenolic OH excluding ortho intramolecular Hbond substituents is 1. The Morgan fingerprint density at radius 1 is 1.06 bits per heavy atom. The van der Waals surface area contributed by atoms with Crippen LogP contribution < -0.4 is 11.1 Å². The van der Waals surface area contributed by atoms with E-state index in [4.69, 9.17) is 5.73 Å². The van der Waals surface area contributed by atoms with Gasteiger partial charge in [0.1, 0.15) is 5.75 Å². The molecule has 17 heavy (non-hydrogen) atoms. The topological polar surface area (TPSA) is 58.3 Å². The predicted octanol–water partition coefficient (Wildman–Crippen LogP) is 2.78. The minimum atomic E-state index is -0.103. The molecule has 0 aliphatic carbocycles. The maximum atomic E-state index is 9.28. The van der Waals surface area contributed by atoms with Crippen LogP contribution in [0.1, 0.15) is 6.92 Å². The molecule has 0 radical (unpaired) electrons. The van der Waals surface area contributed by atoms with Crippen molar-refractivity contribution < 1.29 is 5.11 Å². The van der Waals surface area contributed by atoms with Crippen LogP contribution in [0.4, 0.5) is 5.69 Å². The van der Waals surface area contributed by atoms with Gasteiger partial charge in [0.05, 0.1) is 6.17 Å². The molecule has 88 valence electrons. The molecule has 0 bridgehead atoms. The van der Waals surface area contributed by atoms with Crippen molar-refractivity contribution in [2.45, 2.75) is 13.1 Å². The monoisotopic (exact) mass is 228 g/mol. The highest BCUT2D eigenvalue weighted by Crippen LogP contribution is 2.29. The van der Waals surface area contributed by atoms with E-state index < -0.39 is 0 Å². The van der Waals surface area contributed by atoms with E-state index in [1.807, 2.05) is 43.3 Å². The number of para-hydroxylation sites is 1. The van der Waals surface area contributed by atoms with Crippen LogP contribution in [0.15, 0.2) is 48.5 Å². The van der Waals surface area contributed by atoms with Crippen LogP contribution in [0.2, 0.25) is 0 Å². The Kier molecular flexibility index (Phi) is 3.30. The summed E-state index contributed by atoms with van der Waals surface area (Å²) in [5.41, 5.74) is 8.86. The molecule has 1 unspecified atom stereocenters. The quantitative estimate of drug-likeness (QED) is 0.708. The minimum Gasteiger partial charge on any atom is -0.508 e. The second kappa shape index (κ2) is 4.89. The van der Waals surface area contributed by atoms with Crippen molar-refractivity contribution in [2.75, 3.05) is 5.32 Å². The summed E-state index contributed by atoms with van der Waals surface area (Å²) in [6.45, 7) is 1.90. The average molecular weight is 228 g/mol. The van der Waals surface area contributed by atoms with Crippen molar-refractivity contribution in [3.05, 3.63) is 48.5 Å². The number of anilines is 1. The van der Waals surface area contributed by atoms with Crippen LogP contribution in [0.25, 0.3) is 11.1 Å². The molecular formula is C14H16N2O. The van der Waals surface area contributed by atoms with Crippen molar-refractivity contribution in [3.63, 3.8) is 0 Å². The maximum absolute atomic E-state index is 9.28. The van der Waals surface area contributed by atoms with Gasteiger partial charge in [0, 0.05) is 11.3 Å². The van der Waals surface area contributed by atoms with Gasteiger partial charge in [-0.05, 0) is 30.7 Å². The Morgan fingerprint density at radius 3 is 2.35 bits per heavy atom. The molecule has 4 N–H and O–H groups in total. The summed E-state index contributed by atoms with van der Waals surface area (Å²) in [6.07, 6.45) is -0.103. The molecule has 2 aromatic carbocycles. The average Bonchev–Trinajstić information content (AvgIpc) is 2.30. The molecule has 0 aliphatic rings. The number of hydrogen-bond acceptors (Lipinski definition) is 3. The smallest absolute Gasteiger partial charge is 0.115 e. The zero-order valence-corrected chi connectivity index (χ0v) is 9.72. The van der Waals surface area contributed by atoms with Gasteiger partial charge in [-0.3, -0.25) is 0 Å². The zero-order valence-electron chi connectivity index (χ0n) is 9.72. The molecule has 0 aliphatic heterocycles. The summed E-state index contributed by atoms with van der Waals surface area (Å²) in [5, 5.41) is 12.5. The fraction of sp³-hybridized carbons (Fsp3) is 0.143. The second-order valence-corrected chi connectivity index (χ2v) is 4.03. The van der Waals surface area contributed by atoms with E-state index in [-0.39, 0.29) is 11.9 Å². The molecule has 3 nitrogen and oxygen atoms in total. The van der Waals surface area contributed by atoms with Crippen LogP contribution in [0, 0.1) is 0 Å². The summed E-state index contributed by atoms with van der Waals surface area (Å²) in [7, 11) is 0. The first-order chi connectivity index (χ1) is 8.16. The first kappa shape index (κ1) is 11.5. The number of hydrogen-bond donors (Lipinski definition) is 3. The molecule has 0 spiro atoms. The first-order valence-corrected chi connectivity index (χ1v) is 5.57. The van der Waals surface area contributed by atoms with Gasteiger partial charge in [0.25, 0.3) is 0 Å². The summed E-state index contributed by atoms with van der Waals surface area (Å²) in [4.78, 5) is 0. The lowest BCUT2D eigenvalue weighted by molar-refractivity contribution is 0.475. The number of nitrogens with two attached hydrogens (primary N) is 1. The minimum absolute atomic E-state index is 0.103. The third kappa shape index (κ3) is 2.77. The van der Waals surface area contributed by atoms with Crippen molar-refractivity contribution >= 4 is 5.69 Å². The normalized spacial score (nSPS) is 12.1. The molecule has 0 amide bonds. The van der Waals surface area contributed by atoms with Crippen LogP contribution >= 0.6 is 0 Å². The molecule has 0 aromatic heterocycles. The lowest BCUT2D eigenvalue weighted by Gasteiger charge is -2.14. The molecule has 0 heterocycles. The van der Waals surface area contributed by atoms with Gasteiger partial charge < -0.3 is 16.2 Å². The number of nitrogens with one attached hydrogen (secondary N) is 1. The maximum Gasteiger partial charge on any atom is 0.115 e. The van der Waals surface area contributed by atoms with E-state index in [9.17, 15) is 5.11 Å². The summed E-state index contributed by atoms with van der Waals surface area (Å²) < 4.78 is 0. The van der Waals surface area contributed by atoms with Crippen LogP contribution in [0.5, 0.6) is 5.75 Å². The fourth-order valence-corrected chi connectivity index (χ4v) is 1.75. The SMILES string of the molecule is CC(N)Nc1ccccc1-c1ccc(O)cc1. The summed E-state index contributed by atoms with van der Waals surface area (Å²) in [6, 6.07) is 15.1. The number of aromatic hydroxyl groups is 1. The lowest BCUT2D eigenvalue weighted by atomic mass is 10.0. The van der Waals surface area contributed by atoms with Crippen LogP contribution in [-0.2, 0) is 0 Å². The van der Waals surface area contributed by atoms with E-state index >= 15 is 0 Å². The van der Waals surface area contributed by atoms with Crippen LogP contribution in [0.3, 0.4) is 0 Å². The van der Waals surface area contributed by atoms with Gasteiger partial charge in [0.2, 0.25) is 0 Å². The van der Waals surface area contributed by atoms with E-state index in [1.165, 1.54) is 0 Å². The van der Waals surface area contributed by atoms with Crippen molar-refractivity contribution in [1.29, 1.82) is 0 Å². The molecule has 0 saturated heterocycles. The standard InChI is InChI=1S/C14H16N2O/c1-10(15)16-14-5-3-2-4-13(14)11-6-8-12(17)9-7-11/h2-10,16-17H,15H2,1H3. The Morgan fingerprint density at radius 2 is 1.71 bits per heavy atom. The first-order valence-electron chi connectivity index (χ1n) is 5.57. The fourth-order valence-electron chi connectivity index (χ4n) is 1.75. The van der Waals surface area contributed by atoms with E-state index in [0.717, 1.165) is 16.8 Å². The van der Waals surface area contributed by atoms with E-state index in [0.29, 0.717) is 0 Å². The Hall–Kier alpha value is -2.00. The molecule has 2 rings (SSSR count). The zero-order chi connectivity index (χ0) is 12.3. The molecule has 0 saturated carbocycles. The summed E-state index contributed by atoms with van der Waals surface area (Å²) >= 11 is 0. The predicted molar refractivity (Wildman–Crippen MR) is 70.8 cm³/mol. The number of benzene rings is 2. The van der Waals surface area contributed by atoms with Crippen molar-refractivity contribution in [1.82, 2.24) is 0 Å². The van der Waals surface area contributed by atoms with E-state index in [1.54, 1.807) is 12.1 Å². The van der Waals surface area contributed by atoms with Gasteiger partial charge in [-0.25, -0.2) is 0 Å². The Balaban J connectivity index is 2.40. The van der Waals surface area contributed by atoms with Gasteiger partial charge in [-0.2, -0.15) is 0 Å². The lowest BCUT2D eigenvalue weighted by Crippen LogP contribution is -2.25. The van der Waals surface area contributed by atoms with Crippen LogP contribution in [-0.4, -0.2) is 11.3 Å². The molecule has 3 heteroatoms. The third-order valence-electron chi connectivity index (χ3n) is 2.49. The van der Waals surface area contributed by atoms with Gasteiger partial charge in [-0.1, -0.05) is 30.3 Å². The Bertz CT molecular complexity index is 492. The number of phenols is 1. The summed E-state index contributed by atoms with van der Waals surface area (Å²) in [5.74, 6) is 0.270.